The van der Waals surface area contributed by atoms with Crippen LogP contribution in [0.3, 0.4) is 0 Å². The molecule has 6 heteroatoms. The van der Waals surface area contributed by atoms with Gasteiger partial charge in [0.05, 0.1) is 18.4 Å². The Morgan fingerprint density at radius 1 is 1.27 bits per heavy atom. The SMILES string of the molecule is CC(=O)N1C=Cc2ccccc2C1CC(=O)N(CC(C)C(=O)O)C1CC1. The number of nitrogens with zero attached hydrogens (tertiary/aromatic N) is 2. The van der Waals surface area contributed by atoms with Crippen LogP contribution < -0.4 is 0 Å². The van der Waals surface area contributed by atoms with Crippen LogP contribution >= 0.6 is 0 Å². The molecule has 0 saturated heterocycles. The van der Waals surface area contributed by atoms with Crippen LogP contribution in [-0.4, -0.2) is 45.3 Å². The highest BCUT2D eigenvalue weighted by atomic mass is 16.4. The van der Waals surface area contributed by atoms with Crippen molar-refractivity contribution >= 4 is 23.9 Å². The van der Waals surface area contributed by atoms with Gasteiger partial charge in [-0.05, 0) is 30.0 Å². The molecule has 26 heavy (non-hydrogen) atoms. The molecule has 1 aromatic rings. The number of benzene rings is 1. The Balaban J connectivity index is 1.82. The van der Waals surface area contributed by atoms with E-state index in [2.05, 4.69) is 0 Å². The molecule has 1 aromatic carbocycles. The van der Waals surface area contributed by atoms with Gasteiger partial charge in [-0.3, -0.25) is 14.4 Å². The second kappa shape index (κ2) is 7.32. The first-order valence-corrected chi connectivity index (χ1v) is 8.96. The van der Waals surface area contributed by atoms with Crippen molar-refractivity contribution in [2.45, 2.75) is 45.2 Å². The lowest BCUT2D eigenvalue weighted by Gasteiger charge is -2.34. The second-order valence-corrected chi connectivity index (χ2v) is 7.11. The average molecular weight is 356 g/mol. The van der Waals surface area contributed by atoms with Gasteiger partial charge in [0, 0.05) is 25.7 Å². The minimum absolute atomic E-state index is 0.0954. The zero-order valence-electron chi connectivity index (χ0n) is 15.1. The molecule has 0 radical (unpaired) electrons. The molecule has 0 aromatic heterocycles. The highest BCUT2D eigenvalue weighted by Crippen LogP contribution is 2.35. The van der Waals surface area contributed by atoms with Crippen LogP contribution in [0, 0.1) is 5.92 Å². The summed E-state index contributed by atoms with van der Waals surface area (Å²) in [5.74, 6) is -1.73. The van der Waals surface area contributed by atoms with E-state index in [1.165, 1.54) is 6.92 Å². The van der Waals surface area contributed by atoms with Crippen molar-refractivity contribution in [3.63, 3.8) is 0 Å². The van der Waals surface area contributed by atoms with Crippen molar-refractivity contribution in [3.8, 4) is 0 Å². The molecule has 6 nitrogen and oxygen atoms in total. The fourth-order valence-corrected chi connectivity index (χ4v) is 3.41. The Kier molecular flexibility index (Phi) is 5.11. The maximum atomic E-state index is 13.0. The summed E-state index contributed by atoms with van der Waals surface area (Å²) < 4.78 is 0. The van der Waals surface area contributed by atoms with E-state index in [0.29, 0.717) is 0 Å². The summed E-state index contributed by atoms with van der Waals surface area (Å²) in [5.41, 5.74) is 1.94. The minimum atomic E-state index is -0.903. The van der Waals surface area contributed by atoms with Crippen molar-refractivity contribution in [3.05, 3.63) is 41.6 Å². The summed E-state index contributed by atoms with van der Waals surface area (Å²) in [4.78, 5) is 39.5. The van der Waals surface area contributed by atoms with Gasteiger partial charge >= 0.3 is 5.97 Å². The van der Waals surface area contributed by atoms with Gasteiger partial charge in [-0.2, -0.15) is 0 Å². The van der Waals surface area contributed by atoms with Crippen molar-refractivity contribution in [1.82, 2.24) is 9.80 Å². The van der Waals surface area contributed by atoms with E-state index < -0.39 is 11.9 Å². The molecule has 2 aliphatic rings. The van der Waals surface area contributed by atoms with Crippen molar-refractivity contribution in [2.75, 3.05) is 6.54 Å². The summed E-state index contributed by atoms with van der Waals surface area (Å²) in [6.45, 7) is 3.32. The molecule has 138 valence electrons. The van der Waals surface area contributed by atoms with Crippen LogP contribution in [0.2, 0.25) is 0 Å². The smallest absolute Gasteiger partial charge is 0.308 e. The summed E-state index contributed by atoms with van der Waals surface area (Å²) >= 11 is 0. The van der Waals surface area contributed by atoms with Gasteiger partial charge < -0.3 is 14.9 Å². The van der Waals surface area contributed by atoms with E-state index in [-0.39, 0.29) is 36.9 Å². The van der Waals surface area contributed by atoms with E-state index in [4.69, 9.17) is 0 Å². The van der Waals surface area contributed by atoms with E-state index in [1.807, 2.05) is 30.3 Å². The van der Waals surface area contributed by atoms with E-state index in [1.54, 1.807) is 22.9 Å². The number of amides is 2. The molecule has 1 aliphatic carbocycles. The Hall–Kier alpha value is -2.63. The fourth-order valence-electron chi connectivity index (χ4n) is 3.41. The normalized spacial score (nSPS) is 19.6. The van der Waals surface area contributed by atoms with Gasteiger partial charge in [0.15, 0.2) is 0 Å². The van der Waals surface area contributed by atoms with Crippen molar-refractivity contribution in [1.29, 1.82) is 0 Å². The molecular formula is C20H24N2O4. The number of fused-ring (bicyclic) bond motifs is 1. The molecule has 3 rings (SSSR count). The van der Waals surface area contributed by atoms with Crippen LogP contribution in [0.4, 0.5) is 0 Å². The average Bonchev–Trinajstić information content (AvgIpc) is 3.44. The van der Waals surface area contributed by atoms with E-state index in [9.17, 15) is 19.5 Å². The lowest BCUT2D eigenvalue weighted by Crippen LogP contribution is -2.41. The number of carbonyl (C=O) groups is 3. The molecule has 2 unspecified atom stereocenters. The molecular weight excluding hydrogens is 332 g/mol. The van der Waals surface area contributed by atoms with E-state index in [0.717, 1.165) is 24.0 Å². The Labute approximate surface area is 153 Å². The minimum Gasteiger partial charge on any atom is -0.481 e. The lowest BCUT2D eigenvalue weighted by molar-refractivity contribution is -0.143. The number of carbonyl (C=O) groups excluding carboxylic acids is 2. The quantitative estimate of drug-likeness (QED) is 0.850. The van der Waals surface area contributed by atoms with Gasteiger partial charge in [0.2, 0.25) is 11.8 Å². The molecule has 0 bridgehead atoms. The maximum Gasteiger partial charge on any atom is 0.308 e. The van der Waals surface area contributed by atoms with Crippen molar-refractivity contribution in [2.24, 2.45) is 5.92 Å². The molecule has 1 fully saturated rings. The molecule has 0 spiro atoms. The first kappa shape index (κ1) is 18.2. The number of aliphatic carboxylic acids is 1. The first-order valence-electron chi connectivity index (χ1n) is 8.96. The third-order valence-corrected chi connectivity index (χ3v) is 5.04. The van der Waals surface area contributed by atoms with Gasteiger partial charge in [-0.15, -0.1) is 0 Å². The topological polar surface area (TPSA) is 77.9 Å². The molecule has 1 heterocycles. The first-order chi connectivity index (χ1) is 12.4. The Morgan fingerprint density at radius 2 is 1.96 bits per heavy atom. The fraction of sp³-hybridized carbons (Fsp3) is 0.450. The third kappa shape index (κ3) is 3.79. The highest BCUT2D eigenvalue weighted by molar-refractivity contribution is 5.82. The largest absolute Gasteiger partial charge is 0.481 e. The van der Waals surface area contributed by atoms with Gasteiger partial charge in [0.25, 0.3) is 0 Å². The monoisotopic (exact) mass is 356 g/mol. The number of carboxylic acids is 1. The summed E-state index contributed by atoms with van der Waals surface area (Å²) in [6, 6.07) is 7.50. The zero-order valence-corrected chi connectivity index (χ0v) is 15.1. The number of hydrogen-bond acceptors (Lipinski definition) is 3. The predicted molar refractivity (Wildman–Crippen MR) is 96.9 cm³/mol. The third-order valence-electron chi connectivity index (χ3n) is 5.04. The predicted octanol–water partition coefficient (Wildman–Crippen LogP) is 2.66. The van der Waals surface area contributed by atoms with Crippen LogP contribution in [0.5, 0.6) is 0 Å². The Bertz CT molecular complexity index is 754. The maximum absolute atomic E-state index is 13.0. The number of carboxylic acid groups (broad SMARTS) is 1. The van der Waals surface area contributed by atoms with Crippen LogP contribution in [0.15, 0.2) is 30.5 Å². The molecule has 2 atom stereocenters. The number of rotatable bonds is 6. The highest BCUT2D eigenvalue weighted by Gasteiger charge is 2.37. The van der Waals surface area contributed by atoms with Crippen LogP contribution in [0.25, 0.3) is 6.08 Å². The molecule has 1 aliphatic heterocycles. The number of hydrogen-bond donors (Lipinski definition) is 1. The summed E-state index contributed by atoms with van der Waals surface area (Å²) in [7, 11) is 0. The van der Waals surface area contributed by atoms with Crippen molar-refractivity contribution < 1.29 is 19.5 Å². The van der Waals surface area contributed by atoms with Gasteiger partial charge in [0.1, 0.15) is 0 Å². The van der Waals surface area contributed by atoms with Crippen LogP contribution in [-0.2, 0) is 14.4 Å². The molecule has 2 amide bonds. The molecule has 1 saturated carbocycles. The Morgan fingerprint density at radius 3 is 2.58 bits per heavy atom. The summed E-state index contributed by atoms with van der Waals surface area (Å²) in [5, 5.41) is 9.18. The molecule has 1 N–H and O–H groups in total. The van der Waals surface area contributed by atoms with Gasteiger partial charge in [-0.1, -0.05) is 31.2 Å². The van der Waals surface area contributed by atoms with Gasteiger partial charge in [-0.25, -0.2) is 0 Å². The zero-order chi connectivity index (χ0) is 18.8. The lowest BCUT2D eigenvalue weighted by atomic mass is 9.93. The van der Waals surface area contributed by atoms with Crippen LogP contribution in [0.1, 0.15) is 50.3 Å². The van der Waals surface area contributed by atoms with E-state index >= 15 is 0 Å². The summed E-state index contributed by atoms with van der Waals surface area (Å²) in [6.07, 6.45) is 5.59. The standard InChI is InChI=1S/C20H24N2O4/c1-13(20(25)26)12-22(16-7-8-16)19(24)11-18-17-6-4-3-5-15(17)9-10-21(18)14(2)23/h3-6,9-10,13,16,18H,7-8,11-12H2,1-2H3,(H,25,26). The second-order valence-electron chi connectivity index (χ2n) is 7.11.